The van der Waals surface area contributed by atoms with Crippen molar-refractivity contribution in [2.24, 2.45) is 0 Å². The Morgan fingerprint density at radius 2 is 2.05 bits per heavy atom. The lowest BCUT2D eigenvalue weighted by atomic mass is 10.1. The summed E-state index contributed by atoms with van der Waals surface area (Å²) in [5.41, 5.74) is 3.62. The van der Waals surface area contributed by atoms with Crippen LogP contribution in [0.3, 0.4) is 0 Å². The zero-order chi connectivity index (χ0) is 14.5. The Bertz CT molecular complexity index is 601. The standard InChI is InChI=1S/C16H17BrFNO/c1-11-6-7-12(8-15(11)18)9-19-16-5-3-4-14(17)13(16)10-20-2/h3-8,19H,9-10H2,1-2H3. The van der Waals surface area contributed by atoms with Gasteiger partial charge >= 0.3 is 0 Å². The normalized spacial score (nSPS) is 10.6. The highest BCUT2D eigenvalue weighted by molar-refractivity contribution is 9.10. The first-order valence-corrected chi connectivity index (χ1v) is 7.16. The molecule has 20 heavy (non-hydrogen) atoms. The second kappa shape index (κ2) is 6.86. The van der Waals surface area contributed by atoms with E-state index >= 15 is 0 Å². The van der Waals surface area contributed by atoms with Gasteiger partial charge in [0.1, 0.15) is 5.82 Å². The summed E-state index contributed by atoms with van der Waals surface area (Å²) in [4.78, 5) is 0. The van der Waals surface area contributed by atoms with Gasteiger partial charge in [0.15, 0.2) is 0 Å². The first-order chi connectivity index (χ1) is 9.61. The van der Waals surface area contributed by atoms with Gasteiger partial charge in [-0.3, -0.25) is 0 Å². The van der Waals surface area contributed by atoms with Gasteiger partial charge < -0.3 is 10.1 Å². The Morgan fingerprint density at radius 3 is 2.75 bits per heavy atom. The van der Waals surface area contributed by atoms with Crippen molar-refractivity contribution in [3.05, 3.63) is 63.4 Å². The molecule has 0 aliphatic heterocycles. The van der Waals surface area contributed by atoms with Gasteiger partial charge in [0, 0.05) is 29.4 Å². The van der Waals surface area contributed by atoms with Gasteiger partial charge in [-0.1, -0.05) is 34.1 Å². The highest BCUT2D eigenvalue weighted by Gasteiger charge is 2.06. The number of benzene rings is 2. The third-order valence-electron chi connectivity index (χ3n) is 3.13. The molecular weight excluding hydrogens is 321 g/mol. The van der Waals surface area contributed by atoms with Gasteiger partial charge in [0.05, 0.1) is 6.61 Å². The van der Waals surface area contributed by atoms with Gasteiger partial charge in [-0.05, 0) is 36.2 Å². The van der Waals surface area contributed by atoms with E-state index in [4.69, 9.17) is 4.74 Å². The van der Waals surface area contributed by atoms with Crippen LogP contribution in [0, 0.1) is 12.7 Å². The minimum Gasteiger partial charge on any atom is -0.381 e. The molecule has 0 aliphatic rings. The number of ether oxygens (including phenoxy) is 1. The molecule has 0 aliphatic carbocycles. The number of rotatable bonds is 5. The highest BCUT2D eigenvalue weighted by atomic mass is 79.9. The van der Waals surface area contributed by atoms with E-state index in [-0.39, 0.29) is 5.82 Å². The predicted molar refractivity (Wildman–Crippen MR) is 83.3 cm³/mol. The summed E-state index contributed by atoms with van der Waals surface area (Å²) in [5, 5.41) is 3.33. The van der Waals surface area contributed by atoms with E-state index in [9.17, 15) is 4.39 Å². The van der Waals surface area contributed by atoms with Gasteiger partial charge in [-0.25, -0.2) is 4.39 Å². The quantitative estimate of drug-likeness (QED) is 0.856. The highest BCUT2D eigenvalue weighted by Crippen LogP contribution is 2.26. The van der Waals surface area contributed by atoms with Crippen molar-refractivity contribution in [2.45, 2.75) is 20.1 Å². The number of halogens is 2. The van der Waals surface area contributed by atoms with E-state index in [2.05, 4.69) is 21.2 Å². The number of hydrogen-bond acceptors (Lipinski definition) is 2. The molecule has 0 saturated heterocycles. The molecule has 2 nitrogen and oxygen atoms in total. The van der Waals surface area contributed by atoms with Crippen LogP contribution in [-0.4, -0.2) is 7.11 Å². The van der Waals surface area contributed by atoms with E-state index in [1.807, 2.05) is 24.3 Å². The maximum atomic E-state index is 13.5. The second-order valence-electron chi connectivity index (χ2n) is 4.64. The summed E-state index contributed by atoms with van der Waals surface area (Å²) in [5.74, 6) is -0.171. The zero-order valence-corrected chi connectivity index (χ0v) is 13.1. The van der Waals surface area contributed by atoms with Crippen LogP contribution in [-0.2, 0) is 17.9 Å². The van der Waals surface area contributed by atoms with E-state index in [0.29, 0.717) is 18.7 Å². The van der Waals surface area contributed by atoms with Crippen molar-refractivity contribution < 1.29 is 9.13 Å². The van der Waals surface area contributed by atoms with Crippen LogP contribution in [0.2, 0.25) is 0 Å². The van der Waals surface area contributed by atoms with Crippen molar-refractivity contribution in [1.29, 1.82) is 0 Å². The Hall–Kier alpha value is -1.39. The first kappa shape index (κ1) is 15.0. The van der Waals surface area contributed by atoms with E-state index < -0.39 is 0 Å². The Morgan fingerprint density at radius 1 is 1.25 bits per heavy atom. The number of hydrogen-bond donors (Lipinski definition) is 1. The SMILES string of the molecule is COCc1c(Br)cccc1NCc1ccc(C)c(F)c1. The molecule has 2 rings (SSSR count). The lowest BCUT2D eigenvalue weighted by molar-refractivity contribution is 0.185. The summed E-state index contributed by atoms with van der Waals surface area (Å²) >= 11 is 3.52. The molecule has 0 radical (unpaired) electrons. The Kier molecular flexibility index (Phi) is 5.15. The molecule has 0 fully saturated rings. The smallest absolute Gasteiger partial charge is 0.126 e. The zero-order valence-electron chi connectivity index (χ0n) is 11.5. The molecule has 0 spiro atoms. The second-order valence-corrected chi connectivity index (χ2v) is 5.49. The van der Waals surface area contributed by atoms with Crippen molar-refractivity contribution in [3.8, 4) is 0 Å². The topological polar surface area (TPSA) is 21.3 Å². The molecule has 4 heteroatoms. The van der Waals surface area contributed by atoms with Crippen molar-refractivity contribution in [1.82, 2.24) is 0 Å². The Balaban J connectivity index is 2.14. The summed E-state index contributed by atoms with van der Waals surface area (Å²) in [7, 11) is 1.67. The van der Waals surface area contributed by atoms with Crippen molar-refractivity contribution >= 4 is 21.6 Å². The molecule has 0 heterocycles. The number of anilines is 1. The molecular formula is C16H17BrFNO. The fourth-order valence-corrected chi connectivity index (χ4v) is 2.44. The average molecular weight is 338 g/mol. The minimum absolute atomic E-state index is 0.171. The third-order valence-corrected chi connectivity index (χ3v) is 3.87. The summed E-state index contributed by atoms with van der Waals surface area (Å²) in [6, 6.07) is 11.2. The van der Waals surface area contributed by atoms with Gasteiger partial charge in [-0.15, -0.1) is 0 Å². The van der Waals surface area contributed by atoms with E-state index in [0.717, 1.165) is 21.3 Å². The lowest BCUT2D eigenvalue weighted by Gasteiger charge is -2.13. The van der Waals surface area contributed by atoms with Gasteiger partial charge in [0.25, 0.3) is 0 Å². The molecule has 0 atom stereocenters. The Labute approximate surface area is 127 Å². The largest absolute Gasteiger partial charge is 0.381 e. The molecule has 2 aromatic carbocycles. The minimum atomic E-state index is -0.171. The fraction of sp³-hybridized carbons (Fsp3) is 0.250. The molecule has 1 N–H and O–H groups in total. The number of methoxy groups -OCH3 is 1. The van der Waals surface area contributed by atoms with Crippen LogP contribution in [0.5, 0.6) is 0 Å². The van der Waals surface area contributed by atoms with Crippen LogP contribution in [0.1, 0.15) is 16.7 Å². The van der Waals surface area contributed by atoms with Crippen molar-refractivity contribution in [3.63, 3.8) is 0 Å². The predicted octanol–water partition coefficient (Wildman–Crippen LogP) is 4.66. The van der Waals surface area contributed by atoms with E-state index in [1.54, 1.807) is 26.2 Å². The molecule has 106 valence electrons. The monoisotopic (exact) mass is 337 g/mol. The molecule has 0 amide bonds. The molecule has 2 aromatic rings. The maximum Gasteiger partial charge on any atom is 0.126 e. The fourth-order valence-electron chi connectivity index (χ4n) is 1.96. The van der Waals surface area contributed by atoms with Crippen LogP contribution in [0.4, 0.5) is 10.1 Å². The average Bonchev–Trinajstić information content (AvgIpc) is 2.43. The maximum absolute atomic E-state index is 13.5. The van der Waals surface area contributed by atoms with E-state index in [1.165, 1.54) is 0 Å². The van der Waals surface area contributed by atoms with Gasteiger partial charge in [-0.2, -0.15) is 0 Å². The number of nitrogens with one attached hydrogen (secondary N) is 1. The molecule has 0 bridgehead atoms. The molecule has 0 aromatic heterocycles. The summed E-state index contributed by atoms with van der Waals surface area (Å²) in [6.07, 6.45) is 0. The lowest BCUT2D eigenvalue weighted by Crippen LogP contribution is -2.04. The first-order valence-electron chi connectivity index (χ1n) is 6.37. The summed E-state index contributed by atoms with van der Waals surface area (Å²) < 4.78 is 19.7. The molecule has 0 unspecified atom stereocenters. The van der Waals surface area contributed by atoms with Crippen LogP contribution >= 0.6 is 15.9 Å². The summed E-state index contributed by atoms with van der Waals surface area (Å²) in [6.45, 7) is 2.86. The third kappa shape index (κ3) is 3.58. The number of aryl methyl sites for hydroxylation is 1. The van der Waals surface area contributed by atoms with Crippen LogP contribution < -0.4 is 5.32 Å². The van der Waals surface area contributed by atoms with Gasteiger partial charge in [0.2, 0.25) is 0 Å². The van der Waals surface area contributed by atoms with Crippen molar-refractivity contribution in [2.75, 3.05) is 12.4 Å². The van der Waals surface area contributed by atoms with Crippen LogP contribution in [0.25, 0.3) is 0 Å². The van der Waals surface area contributed by atoms with Crippen LogP contribution in [0.15, 0.2) is 40.9 Å². The molecule has 0 saturated carbocycles.